The zero-order valence-electron chi connectivity index (χ0n) is 14.8. The molecule has 2 heterocycles. The molecule has 6 heteroatoms. The Labute approximate surface area is 158 Å². The maximum absolute atomic E-state index is 6.10. The first-order chi connectivity index (χ1) is 12.7. The number of piperazine rings is 1. The third-order valence-electron chi connectivity index (χ3n) is 4.78. The van der Waals surface area contributed by atoms with Crippen LogP contribution in [0.15, 0.2) is 52.9 Å². The summed E-state index contributed by atoms with van der Waals surface area (Å²) in [6, 6.07) is 16.2. The Bertz CT molecular complexity index is 887. The molecule has 1 fully saturated rings. The van der Waals surface area contributed by atoms with E-state index in [-0.39, 0.29) is 0 Å². The van der Waals surface area contributed by atoms with Gasteiger partial charge in [-0.1, -0.05) is 35.4 Å². The number of benzene rings is 2. The smallest absolute Gasteiger partial charge is 0.271 e. The van der Waals surface area contributed by atoms with Crippen LogP contribution in [0.4, 0.5) is 5.69 Å². The molecular weight excluding hydrogens is 348 g/mol. The molecule has 0 spiro atoms. The zero-order chi connectivity index (χ0) is 17.9. The standard InChI is InChI=1S/C20H21ClN4O/c1-15-4-2-5-16(12-15)20-23-22-19(26-20)14-24-8-10-25(11-9-24)18-7-3-6-17(21)13-18/h2-7,12-13H,8-11,14H2,1H3/p+1. The molecule has 0 amide bonds. The minimum atomic E-state index is 0.598. The molecule has 1 aliphatic rings. The first-order valence-electron chi connectivity index (χ1n) is 8.91. The normalized spacial score (nSPS) is 15.4. The van der Waals surface area contributed by atoms with Gasteiger partial charge in [-0.3, -0.25) is 0 Å². The largest absolute Gasteiger partial charge is 0.415 e. The van der Waals surface area contributed by atoms with Crippen molar-refractivity contribution in [2.24, 2.45) is 0 Å². The first-order valence-corrected chi connectivity index (χ1v) is 9.29. The summed E-state index contributed by atoms with van der Waals surface area (Å²) in [7, 11) is 0. The van der Waals surface area contributed by atoms with E-state index in [1.54, 1.807) is 0 Å². The third-order valence-corrected chi connectivity index (χ3v) is 5.01. The summed E-state index contributed by atoms with van der Waals surface area (Å²) < 4.78 is 5.88. The summed E-state index contributed by atoms with van der Waals surface area (Å²) in [6.07, 6.45) is 0. The molecule has 0 saturated carbocycles. The van der Waals surface area contributed by atoms with Gasteiger partial charge in [0.1, 0.15) is 0 Å². The van der Waals surface area contributed by atoms with Gasteiger partial charge in [0, 0.05) is 16.3 Å². The van der Waals surface area contributed by atoms with Crippen molar-refractivity contribution < 1.29 is 9.32 Å². The fourth-order valence-corrected chi connectivity index (χ4v) is 3.55. The Morgan fingerprint density at radius 2 is 1.88 bits per heavy atom. The predicted molar refractivity (Wildman–Crippen MR) is 103 cm³/mol. The summed E-state index contributed by atoms with van der Waals surface area (Å²) in [4.78, 5) is 3.84. The molecule has 1 saturated heterocycles. The van der Waals surface area contributed by atoms with Crippen molar-refractivity contribution in [1.82, 2.24) is 10.2 Å². The Morgan fingerprint density at radius 3 is 2.65 bits per heavy atom. The summed E-state index contributed by atoms with van der Waals surface area (Å²) in [6.45, 7) is 6.89. The van der Waals surface area contributed by atoms with Crippen LogP contribution in [0.2, 0.25) is 5.02 Å². The molecular formula is C20H22ClN4O+. The van der Waals surface area contributed by atoms with Crippen LogP contribution in [0.3, 0.4) is 0 Å². The maximum atomic E-state index is 6.10. The first kappa shape index (κ1) is 17.1. The van der Waals surface area contributed by atoms with E-state index in [0.29, 0.717) is 11.8 Å². The fraction of sp³-hybridized carbons (Fsp3) is 0.300. The molecule has 0 aliphatic carbocycles. The van der Waals surface area contributed by atoms with Crippen molar-refractivity contribution in [1.29, 1.82) is 0 Å². The topological polar surface area (TPSA) is 46.6 Å². The molecule has 0 radical (unpaired) electrons. The van der Waals surface area contributed by atoms with Crippen molar-refractivity contribution in [3.8, 4) is 11.5 Å². The average molecular weight is 370 g/mol. The van der Waals surface area contributed by atoms with Gasteiger partial charge < -0.3 is 14.2 Å². The van der Waals surface area contributed by atoms with Gasteiger partial charge in [-0.15, -0.1) is 10.2 Å². The van der Waals surface area contributed by atoms with Crippen molar-refractivity contribution >= 4 is 17.3 Å². The third kappa shape index (κ3) is 3.89. The van der Waals surface area contributed by atoms with Gasteiger partial charge in [0.25, 0.3) is 5.89 Å². The van der Waals surface area contributed by atoms with Gasteiger partial charge in [0.2, 0.25) is 5.89 Å². The number of aromatic nitrogens is 2. The highest BCUT2D eigenvalue weighted by Crippen LogP contribution is 2.20. The van der Waals surface area contributed by atoms with E-state index in [4.69, 9.17) is 16.0 Å². The number of nitrogens with zero attached hydrogens (tertiary/aromatic N) is 3. The van der Waals surface area contributed by atoms with Crippen LogP contribution in [-0.2, 0) is 6.54 Å². The monoisotopic (exact) mass is 369 g/mol. The lowest BCUT2D eigenvalue weighted by Crippen LogP contribution is -3.13. The van der Waals surface area contributed by atoms with E-state index in [2.05, 4.69) is 40.2 Å². The number of nitrogens with one attached hydrogen (secondary N) is 1. The lowest BCUT2D eigenvalue weighted by Gasteiger charge is -2.33. The Morgan fingerprint density at radius 1 is 1.08 bits per heavy atom. The second-order valence-electron chi connectivity index (χ2n) is 6.76. The molecule has 0 atom stereocenters. The number of rotatable bonds is 4. The van der Waals surface area contributed by atoms with E-state index in [1.807, 2.05) is 30.3 Å². The molecule has 26 heavy (non-hydrogen) atoms. The van der Waals surface area contributed by atoms with Gasteiger partial charge >= 0.3 is 0 Å². The molecule has 3 aromatic rings. The molecule has 1 N–H and O–H groups in total. The van der Waals surface area contributed by atoms with Crippen molar-refractivity contribution in [3.63, 3.8) is 0 Å². The SMILES string of the molecule is Cc1cccc(-c2nnc(C[NH+]3CCN(c4cccc(Cl)c4)CC3)o2)c1. The number of halogens is 1. The van der Waals surface area contributed by atoms with Crippen LogP contribution in [0.25, 0.3) is 11.5 Å². The van der Waals surface area contributed by atoms with Gasteiger partial charge in [-0.2, -0.15) is 0 Å². The van der Waals surface area contributed by atoms with Crippen molar-refractivity contribution in [2.45, 2.75) is 13.5 Å². The maximum Gasteiger partial charge on any atom is 0.271 e. The van der Waals surface area contributed by atoms with E-state index in [9.17, 15) is 0 Å². The molecule has 0 unspecified atom stereocenters. The number of hydrogen-bond donors (Lipinski definition) is 1. The fourth-order valence-electron chi connectivity index (χ4n) is 3.36. The summed E-state index contributed by atoms with van der Waals surface area (Å²) in [5, 5.41) is 9.23. The van der Waals surface area contributed by atoms with Gasteiger partial charge in [0.05, 0.1) is 26.2 Å². The van der Waals surface area contributed by atoms with Gasteiger partial charge in [-0.25, -0.2) is 0 Å². The van der Waals surface area contributed by atoms with Crippen molar-refractivity contribution in [3.05, 3.63) is 65.0 Å². The quantitative estimate of drug-likeness (QED) is 0.768. The second kappa shape index (κ2) is 7.48. The second-order valence-corrected chi connectivity index (χ2v) is 7.20. The molecule has 1 aliphatic heterocycles. The molecule has 4 rings (SSSR count). The molecule has 5 nitrogen and oxygen atoms in total. The Hall–Kier alpha value is -2.37. The lowest BCUT2D eigenvalue weighted by atomic mass is 10.1. The number of aryl methyl sites for hydroxylation is 1. The predicted octanol–water partition coefficient (Wildman–Crippen LogP) is 2.60. The number of quaternary nitrogens is 1. The summed E-state index contributed by atoms with van der Waals surface area (Å²) in [5.41, 5.74) is 3.35. The van der Waals surface area contributed by atoms with Gasteiger partial charge in [-0.05, 0) is 37.3 Å². The Balaban J connectivity index is 1.36. The molecule has 2 aromatic carbocycles. The van der Waals surface area contributed by atoms with Crippen molar-refractivity contribution in [2.75, 3.05) is 31.1 Å². The van der Waals surface area contributed by atoms with E-state index < -0.39 is 0 Å². The van der Waals surface area contributed by atoms with E-state index in [1.165, 1.54) is 16.2 Å². The minimum Gasteiger partial charge on any atom is -0.415 e. The zero-order valence-corrected chi connectivity index (χ0v) is 15.5. The van der Waals surface area contributed by atoms with Crippen LogP contribution < -0.4 is 9.80 Å². The van der Waals surface area contributed by atoms with Gasteiger partial charge in [0.15, 0.2) is 6.54 Å². The highest BCUT2D eigenvalue weighted by molar-refractivity contribution is 6.30. The van der Waals surface area contributed by atoms with Crippen LogP contribution >= 0.6 is 11.6 Å². The average Bonchev–Trinajstić information content (AvgIpc) is 3.11. The summed E-state index contributed by atoms with van der Waals surface area (Å²) >= 11 is 6.10. The van der Waals surface area contributed by atoms with Crippen LogP contribution in [0.5, 0.6) is 0 Å². The minimum absolute atomic E-state index is 0.598. The van der Waals surface area contributed by atoms with Crippen LogP contribution in [-0.4, -0.2) is 36.4 Å². The molecule has 0 bridgehead atoms. The van der Waals surface area contributed by atoms with Crippen LogP contribution in [0, 0.1) is 6.92 Å². The highest BCUT2D eigenvalue weighted by Gasteiger charge is 2.22. The lowest BCUT2D eigenvalue weighted by molar-refractivity contribution is -0.915. The number of anilines is 1. The summed E-state index contributed by atoms with van der Waals surface area (Å²) in [5.74, 6) is 1.30. The molecule has 1 aromatic heterocycles. The van der Waals surface area contributed by atoms with E-state index >= 15 is 0 Å². The highest BCUT2D eigenvalue weighted by atomic mass is 35.5. The van der Waals surface area contributed by atoms with E-state index in [0.717, 1.165) is 43.3 Å². The van der Waals surface area contributed by atoms with Crippen LogP contribution in [0.1, 0.15) is 11.5 Å². The molecule has 134 valence electrons. The Kier molecular flexibility index (Phi) is 4.91. The number of hydrogen-bond acceptors (Lipinski definition) is 4.